The number of anilines is 1. The Kier molecular flexibility index (Phi) is 7.77. The molecule has 2 amide bonds. The molecule has 2 N–H and O–H groups in total. The molecule has 9 heteroatoms. The maximum atomic E-state index is 14.0. The van der Waals surface area contributed by atoms with Crippen LogP contribution in [0.2, 0.25) is 0 Å². The molecule has 1 fully saturated rings. The topological polar surface area (TPSA) is 71.4 Å². The van der Waals surface area contributed by atoms with E-state index < -0.39 is 11.6 Å². The highest BCUT2D eigenvalue weighted by Gasteiger charge is 2.35. The summed E-state index contributed by atoms with van der Waals surface area (Å²) in [6, 6.07) is 14.7. The van der Waals surface area contributed by atoms with Gasteiger partial charge >= 0.3 is 6.03 Å². The van der Waals surface area contributed by atoms with Crippen LogP contribution < -0.4 is 10.6 Å². The number of aromatic nitrogens is 2. The van der Waals surface area contributed by atoms with Gasteiger partial charge in [0.1, 0.15) is 5.82 Å². The molecular formula is C26H31F2N5O2. The van der Waals surface area contributed by atoms with E-state index in [9.17, 15) is 13.6 Å². The minimum atomic E-state index is -0.894. The monoisotopic (exact) mass is 483 g/mol. The molecule has 2 aromatic carbocycles. The van der Waals surface area contributed by atoms with E-state index in [1.807, 2.05) is 50.2 Å². The number of carbonyl (C=O) groups excluding carboxylic acids is 1. The largest absolute Gasteiger partial charge is 0.383 e. The SMILES string of the molecule is COCCN1C[C@@H](NC(=O)Nc2cc(C(C)C)nn2-c2ccccc2)[C@H](c2ccc(F)c(F)c2)C1. The van der Waals surface area contributed by atoms with Crippen LogP contribution in [0.25, 0.3) is 5.69 Å². The number of hydrogen-bond acceptors (Lipinski definition) is 4. The van der Waals surface area contributed by atoms with E-state index in [2.05, 4.69) is 20.6 Å². The second-order valence-corrected chi connectivity index (χ2v) is 9.09. The molecule has 3 aromatic rings. The number of methoxy groups -OCH3 is 1. The van der Waals surface area contributed by atoms with Gasteiger partial charge in [-0.15, -0.1) is 0 Å². The Morgan fingerprint density at radius 2 is 1.89 bits per heavy atom. The lowest BCUT2D eigenvalue weighted by molar-refractivity contribution is 0.159. The van der Waals surface area contributed by atoms with Crippen molar-refractivity contribution in [3.05, 3.63) is 77.5 Å². The van der Waals surface area contributed by atoms with Gasteiger partial charge in [-0.1, -0.05) is 38.1 Å². The Balaban J connectivity index is 1.54. The summed E-state index contributed by atoms with van der Waals surface area (Å²) >= 11 is 0. The molecule has 1 aliphatic heterocycles. The average Bonchev–Trinajstić information content (AvgIpc) is 3.44. The first-order chi connectivity index (χ1) is 16.9. The minimum absolute atomic E-state index is 0.186. The third kappa shape index (κ3) is 5.86. The van der Waals surface area contributed by atoms with Crippen molar-refractivity contribution in [1.82, 2.24) is 20.0 Å². The van der Waals surface area contributed by atoms with Gasteiger partial charge in [-0.3, -0.25) is 10.2 Å². The van der Waals surface area contributed by atoms with Gasteiger partial charge in [-0.05, 0) is 35.7 Å². The fraction of sp³-hybridized carbons (Fsp3) is 0.385. The number of carbonyl (C=O) groups is 1. The number of likely N-dealkylation sites (tertiary alicyclic amines) is 1. The predicted octanol–water partition coefficient (Wildman–Crippen LogP) is 4.51. The number of para-hydroxylation sites is 1. The summed E-state index contributed by atoms with van der Waals surface area (Å²) in [7, 11) is 1.63. The van der Waals surface area contributed by atoms with E-state index in [4.69, 9.17) is 4.74 Å². The third-order valence-electron chi connectivity index (χ3n) is 6.26. The van der Waals surface area contributed by atoms with Gasteiger partial charge in [-0.25, -0.2) is 18.3 Å². The van der Waals surface area contributed by atoms with Crippen LogP contribution in [0.15, 0.2) is 54.6 Å². The molecule has 7 nitrogen and oxygen atoms in total. The number of hydrogen-bond donors (Lipinski definition) is 2. The maximum Gasteiger partial charge on any atom is 0.320 e. The van der Waals surface area contributed by atoms with Gasteiger partial charge in [0.2, 0.25) is 0 Å². The number of urea groups is 1. The summed E-state index contributed by atoms with van der Waals surface area (Å²) in [5.74, 6) is -1.24. The zero-order valence-corrected chi connectivity index (χ0v) is 20.2. The van der Waals surface area contributed by atoms with Gasteiger partial charge in [0, 0.05) is 38.7 Å². The standard InChI is InChI=1S/C26H31F2N5O2/c1-17(2)23-14-25(33(31-23)19-7-5-4-6-8-19)30-26(34)29-24-16-32(11-12-35-3)15-20(24)18-9-10-21(27)22(28)13-18/h4-10,13-14,17,20,24H,11-12,15-16H2,1-3H3,(H2,29,30,34)/t20-,24+/m0/s1. The lowest BCUT2D eigenvalue weighted by atomic mass is 9.94. The van der Waals surface area contributed by atoms with Crippen molar-refractivity contribution < 1.29 is 18.3 Å². The summed E-state index contributed by atoms with van der Waals surface area (Å²) < 4.78 is 34.4. The van der Waals surface area contributed by atoms with E-state index in [1.54, 1.807) is 17.9 Å². The molecule has 0 aliphatic carbocycles. The molecule has 1 aliphatic rings. The third-order valence-corrected chi connectivity index (χ3v) is 6.26. The molecule has 4 rings (SSSR count). The molecule has 1 aromatic heterocycles. The van der Waals surface area contributed by atoms with Gasteiger partial charge in [0.25, 0.3) is 0 Å². The number of nitrogens with zero attached hydrogens (tertiary/aromatic N) is 3. The molecule has 0 radical (unpaired) electrons. The Morgan fingerprint density at radius 1 is 1.11 bits per heavy atom. The Morgan fingerprint density at radius 3 is 2.57 bits per heavy atom. The number of amides is 2. The molecule has 1 saturated heterocycles. The fourth-order valence-corrected chi connectivity index (χ4v) is 4.37. The lowest BCUT2D eigenvalue weighted by Crippen LogP contribution is -2.42. The first kappa shape index (κ1) is 24.8. The van der Waals surface area contributed by atoms with E-state index in [-0.39, 0.29) is 23.9 Å². The molecule has 35 heavy (non-hydrogen) atoms. The highest BCUT2D eigenvalue weighted by molar-refractivity contribution is 5.89. The van der Waals surface area contributed by atoms with E-state index >= 15 is 0 Å². The Labute approximate surface area is 204 Å². The van der Waals surface area contributed by atoms with Gasteiger partial charge in [0.15, 0.2) is 11.6 Å². The van der Waals surface area contributed by atoms with Crippen molar-refractivity contribution >= 4 is 11.8 Å². The highest BCUT2D eigenvalue weighted by atomic mass is 19.2. The number of rotatable bonds is 8. The van der Waals surface area contributed by atoms with Crippen molar-refractivity contribution in [2.24, 2.45) is 0 Å². The number of halogens is 2. The van der Waals surface area contributed by atoms with Crippen LogP contribution in [0.1, 0.15) is 36.9 Å². The molecule has 0 saturated carbocycles. The summed E-state index contributed by atoms with van der Waals surface area (Å²) in [6.45, 7) is 6.46. The zero-order chi connectivity index (χ0) is 24.9. The summed E-state index contributed by atoms with van der Waals surface area (Å²) in [4.78, 5) is 15.3. The van der Waals surface area contributed by atoms with Crippen LogP contribution in [0.5, 0.6) is 0 Å². The molecule has 0 bridgehead atoms. The van der Waals surface area contributed by atoms with Crippen molar-refractivity contribution in [2.45, 2.75) is 31.7 Å². The molecule has 2 heterocycles. The van der Waals surface area contributed by atoms with Crippen LogP contribution in [0.3, 0.4) is 0 Å². The highest BCUT2D eigenvalue weighted by Crippen LogP contribution is 2.29. The van der Waals surface area contributed by atoms with Gasteiger partial charge < -0.3 is 10.1 Å². The van der Waals surface area contributed by atoms with Crippen molar-refractivity contribution in [3.63, 3.8) is 0 Å². The second kappa shape index (κ2) is 11.0. The fourth-order valence-electron chi connectivity index (χ4n) is 4.37. The second-order valence-electron chi connectivity index (χ2n) is 9.09. The van der Waals surface area contributed by atoms with Crippen LogP contribution in [0, 0.1) is 11.6 Å². The number of ether oxygens (including phenoxy) is 1. The first-order valence-electron chi connectivity index (χ1n) is 11.7. The summed E-state index contributed by atoms with van der Waals surface area (Å²) in [5.41, 5.74) is 2.34. The molecular weight excluding hydrogens is 452 g/mol. The lowest BCUT2D eigenvalue weighted by Gasteiger charge is -2.21. The molecule has 0 spiro atoms. The predicted molar refractivity (Wildman–Crippen MR) is 131 cm³/mol. The van der Waals surface area contributed by atoms with Gasteiger partial charge in [0.05, 0.1) is 24.0 Å². The van der Waals surface area contributed by atoms with E-state index in [1.165, 1.54) is 6.07 Å². The summed E-state index contributed by atoms with van der Waals surface area (Å²) in [6.07, 6.45) is 0. The minimum Gasteiger partial charge on any atom is -0.383 e. The van der Waals surface area contributed by atoms with Crippen LogP contribution in [-0.4, -0.2) is 60.1 Å². The smallest absolute Gasteiger partial charge is 0.320 e. The maximum absolute atomic E-state index is 14.0. The Bertz CT molecular complexity index is 1150. The van der Waals surface area contributed by atoms with Crippen LogP contribution >= 0.6 is 0 Å². The van der Waals surface area contributed by atoms with E-state index in [0.29, 0.717) is 37.6 Å². The molecule has 0 unspecified atom stereocenters. The van der Waals surface area contributed by atoms with Crippen molar-refractivity contribution in [1.29, 1.82) is 0 Å². The molecule has 186 valence electrons. The van der Waals surface area contributed by atoms with Crippen LogP contribution in [0.4, 0.5) is 19.4 Å². The van der Waals surface area contributed by atoms with Crippen molar-refractivity contribution in [2.75, 3.05) is 38.7 Å². The first-order valence-corrected chi connectivity index (χ1v) is 11.7. The zero-order valence-electron chi connectivity index (χ0n) is 20.2. The number of benzene rings is 2. The summed E-state index contributed by atoms with van der Waals surface area (Å²) in [5, 5.41) is 10.6. The van der Waals surface area contributed by atoms with Crippen LogP contribution in [-0.2, 0) is 4.74 Å². The number of nitrogens with one attached hydrogen (secondary N) is 2. The molecule has 2 atom stereocenters. The quantitative estimate of drug-likeness (QED) is 0.495. The average molecular weight is 484 g/mol. The normalized spacial score (nSPS) is 18.2. The Hall–Kier alpha value is -3.30. The van der Waals surface area contributed by atoms with Crippen molar-refractivity contribution in [3.8, 4) is 5.69 Å². The van der Waals surface area contributed by atoms with Gasteiger partial charge in [-0.2, -0.15) is 5.10 Å². The van der Waals surface area contributed by atoms with E-state index in [0.717, 1.165) is 17.4 Å².